The summed E-state index contributed by atoms with van der Waals surface area (Å²) in [6.07, 6.45) is -1.15. The number of fused-ring (bicyclic) bond motifs is 1. The summed E-state index contributed by atoms with van der Waals surface area (Å²) < 4.78 is 15.4. The molecule has 0 saturated carbocycles. The van der Waals surface area contributed by atoms with Crippen molar-refractivity contribution in [3.05, 3.63) is 23.3 Å². The number of nitrogens with one attached hydrogen (secondary N) is 2. The van der Waals surface area contributed by atoms with Gasteiger partial charge in [0, 0.05) is 5.56 Å². The molecule has 0 spiro atoms. The van der Waals surface area contributed by atoms with Gasteiger partial charge in [-0.25, -0.2) is 4.79 Å². The number of nitrogens with zero attached hydrogens (tertiary/aromatic N) is 1. The van der Waals surface area contributed by atoms with Gasteiger partial charge >= 0.3 is 5.97 Å². The molecule has 21 heavy (non-hydrogen) atoms. The van der Waals surface area contributed by atoms with E-state index in [9.17, 15) is 9.59 Å². The zero-order chi connectivity index (χ0) is 15.4. The molecule has 0 unspecified atom stereocenters. The van der Waals surface area contributed by atoms with Crippen molar-refractivity contribution < 1.29 is 23.8 Å². The summed E-state index contributed by atoms with van der Waals surface area (Å²) in [6.45, 7) is 0. The Morgan fingerprint density at radius 2 is 2.19 bits per heavy atom. The summed E-state index contributed by atoms with van der Waals surface area (Å²) in [5.74, 6) is -0.440. The number of benzene rings is 1. The Balaban J connectivity index is 2.24. The van der Waals surface area contributed by atoms with Crippen LogP contribution in [0.4, 0.5) is 0 Å². The monoisotopic (exact) mass is 291 g/mol. The Morgan fingerprint density at radius 3 is 2.81 bits per heavy atom. The van der Waals surface area contributed by atoms with Crippen molar-refractivity contribution in [2.24, 2.45) is 0 Å². The molecule has 0 radical (unpaired) electrons. The second kappa shape index (κ2) is 6.11. The van der Waals surface area contributed by atoms with Gasteiger partial charge in [-0.3, -0.25) is 10.2 Å². The second-order valence-corrected chi connectivity index (χ2v) is 4.08. The number of hydrogen-bond donors (Lipinski definition) is 2. The molecule has 2 rings (SSSR count). The number of nitriles is 1. The van der Waals surface area contributed by atoms with Crippen molar-refractivity contribution in [1.82, 2.24) is 10.9 Å². The highest BCUT2D eigenvalue weighted by atomic mass is 16.6. The fourth-order valence-corrected chi connectivity index (χ4v) is 1.97. The molecule has 1 aliphatic rings. The van der Waals surface area contributed by atoms with E-state index in [4.69, 9.17) is 19.5 Å². The average Bonchev–Trinajstić information content (AvgIpc) is 2.81. The number of esters is 1. The molecule has 1 amide bonds. The van der Waals surface area contributed by atoms with Gasteiger partial charge in [-0.15, -0.1) is 0 Å². The van der Waals surface area contributed by atoms with Crippen molar-refractivity contribution in [1.29, 1.82) is 5.26 Å². The molecule has 0 fully saturated rings. The minimum atomic E-state index is -0.852. The second-order valence-electron chi connectivity index (χ2n) is 4.08. The van der Waals surface area contributed by atoms with E-state index in [1.165, 1.54) is 14.2 Å². The third-order valence-electron chi connectivity index (χ3n) is 2.87. The smallest absolute Gasteiger partial charge is 0.344 e. The SMILES string of the molecule is COc1ccc2c(c1OC)C(=O)O[C@H]2NNC(=O)CC#N. The maximum absolute atomic E-state index is 11.9. The van der Waals surface area contributed by atoms with Crippen LogP contribution in [0.1, 0.15) is 28.6 Å². The van der Waals surface area contributed by atoms with E-state index in [0.717, 1.165) is 0 Å². The van der Waals surface area contributed by atoms with E-state index in [1.54, 1.807) is 18.2 Å². The number of cyclic esters (lactones) is 1. The third-order valence-corrected chi connectivity index (χ3v) is 2.87. The number of hydrogen-bond acceptors (Lipinski definition) is 7. The largest absolute Gasteiger partial charge is 0.493 e. The minimum Gasteiger partial charge on any atom is -0.493 e. The molecule has 1 aromatic rings. The lowest BCUT2D eigenvalue weighted by Gasteiger charge is -2.14. The molecular formula is C13H13N3O5. The van der Waals surface area contributed by atoms with Gasteiger partial charge in [0.1, 0.15) is 12.0 Å². The number of carbonyl (C=O) groups is 2. The topological polar surface area (TPSA) is 110 Å². The van der Waals surface area contributed by atoms with Crippen LogP contribution in [0, 0.1) is 11.3 Å². The first kappa shape index (κ1) is 14.6. The molecule has 2 N–H and O–H groups in total. The molecular weight excluding hydrogens is 278 g/mol. The summed E-state index contributed by atoms with van der Waals surface area (Å²) in [5.41, 5.74) is 5.59. The molecule has 1 heterocycles. The first-order valence-electron chi connectivity index (χ1n) is 5.99. The van der Waals surface area contributed by atoms with E-state index in [2.05, 4.69) is 10.9 Å². The first-order chi connectivity index (χ1) is 10.1. The van der Waals surface area contributed by atoms with Crippen LogP contribution in [-0.4, -0.2) is 26.1 Å². The van der Waals surface area contributed by atoms with Crippen LogP contribution in [0.5, 0.6) is 11.5 Å². The molecule has 0 aromatic heterocycles. The van der Waals surface area contributed by atoms with Gasteiger partial charge in [-0.1, -0.05) is 0 Å². The predicted octanol–water partition coefficient (Wildman–Crippen LogP) is 0.407. The molecule has 8 heteroatoms. The normalized spacial score (nSPS) is 15.7. The minimum absolute atomic E-state index is 0.240. The Kier molecular flexibility index (Phi) is 4.25. The fourth-order valence-electron chi connectivity index (χ4n) is 1.97. The van der Waals surface area contributed by atoms with Crippen LogP contribution < -0.4 is 20.3 Å². The van der Waals surface area contributed by atoms with E-state index in [0.29, 0.717) is 11.3 Å². The van der Waals surface area contributed by atoms with E-state index >= 15 is 0 Å². The summed E-state index contributed by atoms with van der Waals surface area (Å²) in [5, 5.41) is 8.40. The van der Waals surface area contributed by atoms with Crippen LogP contribution >= 0.6 is 0 Å². The van der Waals surface area contributed by atoms with Crippen molar-refractivity contribution >= 4 is 11.9 Å². The Hall–Kier alpha value is -2.79. The lowest BCUT2D eigenvalue weighted by molar-refractivity contribution is -0.122. The average molecular weight is 291 g/mol. The summed E-state index contributed by atoms with van der Waals surface area (Å²) in [7, 11) is 2.88. The van der Waals surface area contributed by atoms with Gasteiger partial charge in [0.2, 0.25) is 5.91 Å². The number of methoxy groups -OCH3 is 2. The first-order valence-corrected chi connectivity index (χ1v) is 5.99. The van der Waals surface area contributed by atoms with Crippen LogP contribution in [0.25, 0.3) is 0 Å². The van der Waals surface area contributed by atoms with E-state index < -0.39 is 18.1 Å². The van der Waals surface area contributed by atoms with Crippen LogP contribution in [-0.2, 0) is 9.53 Å². The summed E-state index contributed by atoms with van der Waals surface area (Å²) >= 11 is 0. The summed E-state index contributed by atoms with van der Waals surface area (Å²) in [4.78, 5) is 23.2. The Labute approximate surface area is 120 Å². The Bertz CT molecular complexity index is 623. The van der Waals surface area contributed by atoms with Crippen LogP contribution in [0.15, 0.2) is 12.1 Å². The lowest BCUT2D eigenvalue weighted by Crippen LogP contribution is -2.39. The fraction of sp³-hybridized carbons (Fsp3) is 0.308. The van der Waals surface area contributed by atoms with Crippen molar-refractivity contribution in [3.8, 4) is 17.6 Å². The van der Waals surface area contributed by atoms with Crippen LogP contribution in [0.3, 0.4) is 0 Å². The number of rotatable bonds is 5. The van der Waals surface area contributed by atoms with Gasteiger partial charge in [-0.05, 0) is 12.1 Å². The molecule has 0 saturated heterocycles. The summed E-state index contributed by atoms with van der Waals surface area (Å²) in [6, 6.07) is 4.97. The molecule has 8 nitrogen and oxygen atoms in total. The third kappa shape index (κ3) is 2.73. The van der Waals surface area contributed by atoms with E-state index in [1.807, 2.05) is 0 Å². The molecule has 1 atom stereocenters. The molecule has 0 aliphatic carbocycles. The number of carbonyl (C=O) groups excluding carboxylic acids is 2. The molecule has 1 aromatic carbocycles. The van der Waals surface area contributed by atoms with E-state index in [-0.39, 0.29) is 17.7 Å². The molecule has 0 bridgehead atoms. The molecule has 110 valence electrons. The molecule has 1 aliphatic heterocycles. The number of amides is 1. The lowest BCUT2D eigenvalue weighted by atomic mass is 10.1. The van der Waals surface area contributed by atoms with Gasteiger partial charge in [0.25, 0.3) is 0 Å². The van der Waals surface area contributed by atoms with Gasteiger partial charge in [0.05, 0.1) is 20.3 Å². The standard InChI is InChI=1S/C13H13N3O5/c1-19-8-4-3-7-10(11(8)20-2)13(18)21-12(7)16-15-9(17)5-6-14/h3-4,12,16H,5H2,1-2H3,(H,15,17)/t12-/m1/s1. The highest BCUT2D eigenvalue weighted by Gasteiger charge is 2.35. The highest BCUT2D eigenvalue weighted by molar-refractivity contribution is 5.98. The van der Waals surface area contributed by atoms with Gasteiger partial charge in [-0.2, -0.15) is 10.7 Å². The Morgan fingerprint density at radius 1 is 1.43 bits per heavy atom. The van der Waals surface area contributed by atoms with Crippen LogP contribution in [0.2, 0.25) is 0 Å². The van der Waals surface area contributed by atoms with Crippen molar-refractivity contribution in [2.45, 2.75) is 12.6 Å². The number of hydrazine groups is 1. The predicted molar refractivity (Wildman–Crippen MR) is 69.2 cm³/mol. The maximum Gasteiger partial charge on any atom is 0.344 e. The number of ether oxygens (including phenoxy) is 3. The highest BCUT2D eigenvalue weighted by Crippen LogP contribution is 2.40. The van der Waals surface area contributed by atoms with Gasteiger partial charge < -0.3 is 14.2 Å². The zero-order valence-electron chi connectivity index (χ0n) is 11.4. The van der Waals surface area contributed by atoms with Crippen molar-refractivity contribution in [3.63, 3.8) is 0 Å². The zero-order valence-corrected chi connectivity index (χ0v) is 11.4. The quantitative estimate of drug-likeness (QED) is 0.597. The van der Waals surface area contributed by atoms with Gasteiger partial charge in [0.15, 0.2) is 17.7 Å². The van der Waals surface area contributed by atoms with Crippen molar-refractivity contribution in [2.75, 3.05) is 14.2 Å². The maximum atomic E-state index is 11.9.